The topological polar surface area (TPSA) is 116 Å². The second-order valence-corrected chi connectivity index (χ2v) is 9.28. The summed E-state index contributed by atoms with van der Waals surface area (Å²) in [7, 11) is 3.14. The Bertz CT molecular complexity index is 1650. The van der Waals surface area contributed by atoms with Crippen LogP contribution in [0.25, 0.3) is 27.8 Å². The number of carbonyl (C=O) groups is 1. The number of hydrogen-bond donors (Lipinski definition) is 2. The minimum absolute atomic E-state index is 0.303. The molecule has 0 bridgehead atoms. The third-order valence-electron chi connectivity index (χ3n) is 6.98. The van der Waals surface area contributed by atoms with E-state index >= 15 is 0 Å². The standard InChI is InChI=1S/C28H28N6O4/c1-16-26-25(33-27(34(26)11-10-29-16)17-8-12-38-13-9-17)18-4-5-20(23(14-18)36-2)32-28(35)22-15-21-19(30-22)6-7-24(31-21)37-3/h4-7,10-11,14-15,17,30H,8-9,12-13H2,1-3H3,(H,32,35). The Hall–Kier alpha value is -4.44. The summed E-state index contributed by atoms with van der Waals surface area (Å²) in [6.45, 7) is 3.47. The van der Waals surface area contributed by atoms with Gasteiger partial charge in [0.1, 0.15) is 17.3 Å². The van der Waals surface area contributed by atoms with Gasteiger partial charge in [-0.15, -0.1) is 0 Å². The van der Waals surface area contributed by atoms with E-state index in [1.807, 2.05) is 43.6 Å². The van der Waals surface area contributed by atoms with E-state index in [0.29, 0.717) is 34.4 Å². The van der Waals surface area contributed by atoms with Crippen molar-refractivity contribution in [1.29, 1.82) is 0 Å². The Balaban J connectivity index is 1.34. The SMILES string of the molecule is COc1ccc2[nH]c(C(=O)Nc3ccc(-c4nc(C5CCOCC5)n5ccnc(C)c45)cc3OC)cc2n1. The average Bonchev–Trinajstić information content (AvgIpc) is 3.56. The van der Waals surface area contributed by atoms with Crippen LogP contribution in [-0.2, 0) is 4.74 Å². The smallest absolute Gasteiger partial charge is 0.272 e. The fraction of sp³-hybridized carbons (Fsp3) is 0.286. The largest absolute Gasteiger partial charge is 0.495 e. The van der Waals surface area contributed by atoms with Gasteiger partial charge in [0.2, 0.25) is 5.88 Å². The van der Waals surface area contributed by atoms with Crippen molar-refractivity contribution in [2.45, 2.75) is 25.7 Å². The van der Waals surface area contributed by atoms with Crippen molar-refractivity contribution in [3.63, 3.8) is 0 Å². The molecule has 1 aromatic carbocycles. The third kappa shape index (κ3) is 4.22. The molecule has 1 saturated heterocycles. The van der Waals surface area contributed by atoms with Gasteiger partial charge in [-0.2, -0.15) is 0 Å². The first-order valence-corrected chi connectivity index (χ1v) is 12.5. The van der Waals surface area contributed by atoms with Crippen LogP contribution in [-0.4, -0.2) is 57.7 Å². The van der Waals surface area contributed by atoms with Gasteiger partial charge < -0.3 is 24.5 Å². The second-order valence-electron chi connectivity index (χ2n) is 9.28. The van der Waals surface area contributed by atoms with Crippen molar-refractivity contribution in [2.24, 2.45) is 0 Å². The zero-order valence-corrected chi connectivity index (χ0v) is 21.4. The quantitative estimate of drug-likeness (QED) is 0.337. The molecule has 0 unspecified atom stereocenters. The highest BCUT2D eigenvalue weighted by molar-refractivity contribution is 6.06. The molecule has 0 spiro atoms. The number of methoxy groups -OCH3 is 2. The fourth-order valence-corrected chi connectivity index (χ4v) is 5.02. The Morgan fingerprint density at radius 1 is 1.11 bits per heavy atom. The number of carbonyl (C=O) groups excluding carboxylic acids is 1. The molecule has 2 N–H and O–H groups in total. The van der Waals surface area contributed by atoms with E-state index < -0.39 is 0 Å². The summed E-state index contributed by atoms with van der Waals surface area (Å²) in [6, 6.07) is 10.9. The number of nitrogens with one attached hydrogen (secondary N) is 2. The molecule has 5 aromatic rings. The highest BCUT2D eigenvalue weighted by atomic mass is 16.5. The van der Waals surface area contributed by atoms with Crippen molar-refractivity contribution in [1.82, 2.24) is 24.3 Å². The number of rotatable bonds is 6. The minimum Gasteiger partial charge on any atom is -0.495 e. The summed E-state index contributed by atoms with van der Waals surface area (Å²) >= 11 is 0. The molecule has 0 atom stereocenters. The van der Waals surface area contributed by atoms with Crippen molar-refractivity contribution in [2.75, 3.05) is 32.8 Å². The molecule has 1 fully saturated rings. The highest BCUT2D eigenvalue weighted by Gasteiger charge is 2.25. The summed E-state index contributed by atoms with van der Waals surface area (Å²) in [6.07, 6.45) is 5.65. The number of benzene rings is 1. The Morgan fingerprint density at radius 2 is 1.95 bits per heavy atom. The van der Waals surface area contributed by atoms with Crippen LogP contribution in [0.2, 0.25) is 0 Å². The summed E-state index contributed by atoms with van der Waals surface area (Å²) in [5.74, 6) is 2.05. The Labute approximate surface area is 219 Å². The van der Waals surface area contributed by atoms with Gasteiger partial charge in [0, 0.05) is 43.2 Å². The van der Waals surface area contributed by atoms with E-state index in [4.69, 9.17) is 19.2 Å². The van der Waals surface area contributed by atoms with Gasteiger partial charge in [0.25, 0.3) is 5.91 Å². The van der Waals surface area contributed by atoms with Crippen LogP contribution in [0.3, 0.4) is 0 Å². The molecule has 0 radical (unpaired) electrons. The number of imidazole rings is 1. The number of aromatic amines is 1. The van der Waals surface area contributed by atoms with Gasteiger partial charge in [0.15, 0.2) is 0 Å². The molecular formula is C28H28N6O4. The fourth-order valence-electron chi connectivity index (χ4n) is 5.02. The molecule has 5 heterocycles. The first kappa shape index (κ1) is 23.9. The second kappa shape index (κ2) is 9.79. The van der Waals surface area contributed by atoms with E-state index in [1.165, 1.54) is 0 Å². The van der Waals surface area contributed by atoms with Crippen LogP contribution in [0, 0.1) is 6.92 Å². The van der Waals surface area contributed by atoms with E-state index in [2.05, 4.69) is 24.7 Å². The molecule has 10 nitrogen and oxygen atoms in total. The summed E-state index contributed by atoms with van der Waals surface area (Å²) < 4.78 is 18.6. The van der Waals surface area contributed by atoms with Crippen LogP contribution in [0.1, 0.15) is 40.8 Å². The van der Waals surface area contributed by atoms with E-state index in [1.54, 1.807) is 26.4 Å². The van der Waals surface area contributed by atoms with Crippen molar-refractivity contribution < 1.29 is 19.0 Å². The van der Waals surface area contributed by atoms with Gasteiger partial charge in [-0.05, 0) is 44.0 Å². The lowest BCUT2D eigenvalue weighted by Crippen LogP contribution is -2.16. The normalized spacial score (nSPS) is 14.2. The lowest BCUT2D eigenvalue weighted by molar-refractivity contribution is 0.0835. The number of amides is 1. The number of hydrogen-bond acceptors (Lipinski definition) is 7. The summed E-state index contributed by atoms with van der Waals surface area (Å²) in [4.78, 5) is 30.2. The van der Waals surface area contributed by atoms with Gasteiger partial charge >= 0.3 is 0 Å². The van der Waals surface area contributed by atoms with Gasteiger partial charge in [-0.1, -0.05) is 6.07 Å². The Morgan fingerprint density at radius 3 is 2.74 bits per heavy atom. The first-order valence-electron chi connectivity index (χ1n) is 12.5. The summed E-state index contributed by atoms with van der Waals surface area (Å²) in [5, 5.41) is 2.95. The van der Waals surface area contributed by atoms with E-state index in [0.717, 1.165) is 59.9 Å². The number of ether oxygens (including phenoxy) is 3. The maximum atomic E-state index is 13.1. The van der Waals surface area contributed by atoms with Crippen molar-refractivity contribution >= 4 is 28.1 Å². The van der Waals surface area contributed by atoms with Gasteiger partial charge in [-0.3, -0.25) is 14.2 Å². The third-order valence-corrected chi connectivity index (χ3v) is 6.98. The van der Waals surface area contributed by atoms with Crippen LogP contribution < -0.4 is 14.8 Å². The lowest BCUT2D eigenvalue weighted by atomic mass is 9.99. The maximum absolute atomic E-state index is 13.1. The number of aromatic nitrogens is 5. The van der Waals surface area contributed by atoms with E-state index in [9.17, 15) is 4.79 Å². The predicted octanol–water partition coefficient (Wildman–Crippen LogP) is 4.74. The molecular weight excluding hydrogens is 484 g/mol. The van der Waals surface area contributed by atoms with E-state index in [-0.39, 0.29) is 5.91 Å². The molecule has 1 amide bonds. The molecule has 0 saturated carbocycles. The van der Waals surface area contributed by atoms with Crippen molar-refractivity contribution in [3.8, 4) is 22.9 Å². The number of fused-ring (bicyclic) bond motifs is 2. The minimum atomic E-state index is -0.303. The first-order chi connectivity index (χ1) is 18.6. The van der Waals surface area contributed by atoms with Crippen LogP contribution in [0.5, 0.6) is 11.6 Å². The molecule has 4 aromatic heterocycles. The van der Waals surface area contributed by atoms with Crippen molar-refractivity contribution in [3.05, 3.63) is 66.0 Å². The van der Waals surface area contributed by atoms with Gasteiger partial charge in [0.05, 0.1) is 47.8 Å². The maximum Gasteiger partial charge on any atom is 0.272 e. The van der Waals surface area contributed by atoms with Gasteiger partial charge in [-0.25, -0.2) is 9.97 Å². The monoisotopic (exact) mass is 512 g/mol. The number of anilines is 1. The molecule has 6 rings (SSSR count). The number of nitrogens with zero attached hydrogens (tertiary/aromatic N) is 4. The summed E-state index contributed by atoms with van der Waals surface area (Å²) in [5.41, 5.74) is 5.91. The zero-order chi connectivity index (χ0) is 26.2. The lowest BCUT2D eigenvalue weighted by Gasteiger charge is -2.20. The van der Waals surface area contributed by atoms with Crippen LogP contribution in [0.4, 0.5) is 5.69 Å². The zero-order valence-electron chi connectivity index (χ0n) is 21.4. The highest BCUT2D eigenvalue weighted by Crippen LogP contribution is 2.36. The number of pyridine rings is 1. The average molecular weight is 513 g/mol. The van der Waals surface area contributed by atoms with Crippen LogP contribution in [0.15, 0.2) is 48.8 Å². The predicted molar refractivity (Wildman–Crippen MR) is 143 cm³/mol. The molecule has 194 valence electrons. The molecule has 38 heavy (non-hydrogen) atoms. The molecule has 1 aliphatic rings. The molecule has 1 aliphatic heterocycles. The number of H-pyrrole nitrogens is 1. The molecule has 10 heteroatoms. The Kier molecular flexibility index (Phi) is 6.16. The molecule has 0 aliphatic carbocycles. The number of aryl methyl sites for hydroxylation is 1. The van der Waals surface area contributed by atoms with Crippen LogP contribution >= 0.6 is 0 Å².